The first-order valence-corrected chi connectivity index (χ1v) is 11.0. The lowest BCUT2D eigenvalue weighted by Gasteiger charge is -2.43. The summed E-state index contributed by atoms with van der Waals surface area (Å²) in [6.45, 7) is 10.9. The van der Waals surface area contributed by atoms with E-state index in [1.54, 1.807) is 0 Å². The molecule has 0 amide bonds. The molecule has 1 N–H and O–H groups in total. The molecule has 0 aromatic heterocycles. The van der Waals surface area contributed by atoms with Crippen molar-refractivity contribution in [2.24, 2.45) is 0 Å². The summed E-state index contributed by atoms with van der Waals surface area (Å²) in [7, 11) is -2.53. The molecule has 0 spiro atoms. The highest BCUT2D eigenvalue weighted by Crippen LogP contribution is 2.38. The van der Waals surface area contributed by atoms with E-state index in [-0.39, 0.29) is 17.2 Å². The lowest BCUT2D eigenvalue weighted by atomic mass is 10.2. The van der Waals surface area contributed by atoms with Crippen LogP contribution in [0.2, 0.25) is 5.04 Å². The summed E-state index contributed by atoms with van der Waals surface area (Å²) < 4.78 is 12.4. The van der Waals surface area contributed by atoms with Crippen molar-refractivity contribution in [3.05, 3.63) is 73.3 Å². The number of rotatable bonds is 7. The van der Waals surface area contributed by atoms with E-state index >= 15 is 0 Å². The Kier molecular flexibility index (Phi) is 5.49. The summed E-state index contributed by atoms with van der Waals surface area (Å²) in [5.74, 6) is 0. The van der Waals surface area contributed by atoms with Crippen molar-refractivity contribution in [3.63, 3.8) is 0 Å². The van der Waals surface area contributed by atoms with Gasteiger partial charge in [-0.25, -0.2) is 0 Å². The monoisotopic (exact) mass is 368 g/mol. The van der Waals surface area contributed by atoms with E-state index in [0.29, 0.717) is 6.61 Å². The van der Waals surface area contributed by atoms with Crippen LogP contribution in [-0.2, 0) is 9.16 Å². The van der Waals surface area contributed by atoms with Crippen LogP contribution in [0.1, 0.15) is 20.8 Å². The maximum Gasteiger partial charge on any atom is 0.261 e. The molecule has 138 valence electrons. The molecule has 1 aliphatic heterocycles. The lowest BCUT2D eigenvalue weighted by molar-refractivity contribution is 0.177. The number of benzene rings is 2. The first-order valence-electron chi connectivity index (χ1n) is 9.11. The molecule has 1 aliphatic rings. The Hall–Kier alpha value is -1.72. The molecule has 3 rings (SSSR count). The van der Waals surface area contributed by atoms with Gasteiger partial charge in [0.05, 0.1) is 6.61 Å². The second-order valence-electron chi connectivity index (χ2n) is 7.84. The summed E-state index contributed by atoms with van der Waals surface area (Å²) in [4.78, 5) is 0. The van der Waals surface area contributed by atoms with Crippen LogP contribution in [0.5, 0.6) is 0 Å². The van der Waals surface area contributed by atoms with E-state index < -0.39 is 14.4 Å². The molecule has 4 heteroatoms. The highest BCUT2D eigenvalue weighted by Gasteiger charge is 2.52. The Labute approximate surface area is 157 Å². The zero-order valence-electron chi connectivity index (χ0n) is 15.8. The molecule has 1 fully saturated rings. The molecule has 0 bridgehead atoms. The fourth-order valence-electron chi connectivity index (χ4n) is 3.69. The van der Waals surface area contributed by atoms with Crippen LogP contribution in [0.25, 0.3) is 0 Å². The van der Waals surface area contributed by atoms with Gasteiger partial charge in [-0.1, -0.05) is 87.5 Å². The molecule has 0 radical (unpaired) electrons. The van der Waals surface area contributed by atoms with Crippen molar-refractivity contribution in [2.45, 2.75) is 44.1 Å². The summed E-state index contributed by atoms with van der Waals surface area (Å²) in [6, 6.07) is 21.1. The number of aliphatic hydroxyl groups excluding tert-OH is 1. The quantitative estimate of drug-likeness (QED) is 0.464. The van der Waals surface area contributed by atoms with Gasteiger partial charge in [-0.3, -0.25) is 0 Å². The number of epoxide rings is 1. The first kappa shape index (κ1) is 19.0. The third kappa shape index (κ3) is 3.55. The van der Waals surface area contributed by atoms with Crippen LogP contribution in [-0.4, -0.2) is 38.3 Å². The number of aliphatic hydroxyl groups is 1. The predicted octanol–water partition coefficient (Wildman–Crippen LogP) is 2.88. The average molecular weight is 369 g/mol. The normalized spacial score (nSPS) is 21.2. The molecule has 2 aromatic rings. The molecule has 1 heterocycles. The fraction of sp³-hybridized carbons (Fsp3) is 0.364. The van der Waals surface area contributed by atoms with E-state index in [1.807, 2.05) is 12.1 Å². The zero-order valence-corrected chi connectivity index (χ0v) is 16.8. The third-order valence-corrected chi connectivity index (χ3v) is 10.1. The predicted molar refractivity (Wildman–Crippen MR) is 108 cm³/mol. The Morgan fingerprint density at radius 1 is 1.08 bits per heavy atom. The van der Waals surface area contributed by atoms with E-state index in [4.69, 9.17) is 9.16 Å². The van der Waals surface area contributed by atoms with Gasteiger partial charge in [0.1, 0.15) is 18.3 Å². The molecule has 0 aliphatic carbocycles. The van der Waals surface area contributed by atoms with Gasteiger partial charge in [0.25, 0.3) is 8.32 Å². The highest BCUT2D eigenvalue weighted by molar-refractivity contribution is 6.99. The van der Waals surface area contributed by atoms with Crippen LogP contribution < -0.4 is 10.4 Å². The molecular formula is C22H28O3Si. The van der Waals surface area contributed by atoms with Crippen LogP contribution >= 0.6 is 0 Å². The van der Waals surface area contributed by atoms with E-state index in [1.165, 1.54) is 16.4 Å². The summed E-state index contributed by atoms with van der Waals surface area (Å²) >= 11 is 0. The van der Waals surface area contributed by atoms with Crippen molar-refractivity contribution < 1.29 is 14.3 Å². The minimum Gasteiger partial charge on any atom is -0.405 e. The molecule has 0 saturated carbocycles. The second kappa shape index (κ2) is 7.49. The van der Waals surface area contributed by atoms with Gasteiger partial charge in [0, 0.05) is 0 Å². The standard InChI is InChI=1S/C22H28O3Si/c1-5-19(23)21-20(25-21)16-24-26(22(2,3)4,17-12-8-6-9-13-17)18-14-10-7-11-15-18/h5-15,19-21,23H,1,16H2,2-4H3/t19-,20-,21+/m1/s1. The van der Waals surface area contributed by atoms with Crippen molar-refractivity contribution in [3.8, 4) is 0 Å². The molecular weight excluding hydrogens is 340 g/mol. The number of ether oxygens (including phenoxy) is 1. The second-order valence-corrected chi connectivity index (χ2v) is 12.1. The Morgan fingerprint density at radius 3 is 2.00 bits per heavy atom. The molecule has 3 nitrogen and oxygen atoms in total. The van der Waals surface area contributed by atoms with Gasteiger partial charge in [0.15, 0.2) is 0 Å². The van der Waals surface area contributed by atoms with Crippen molar-refractivity contribution in [1.82, 2.24) is 0 Å². The van der Waals surface area contributed by atoms with Crippen LogP contribution in [0, 0.1) is 0 Å². The molecule has 2 aromatic carbocycles. The Balaban J connectivity index is 1.97. The average Bonchev–Trinajstić information content (AvgIpc) is 3.42. The van der Waals surface area contributed by atoms with Gasteiger partial charge < -0.3 is 14.3 Å². The largest absolute Gasteiger partial charge is 0.405 e. The van der Waals surface area contributed by atoms with Gasteiger partial charge in [-0.05, 0) is 15.4 Å². The van der Waals surface area contributed by atoms with E-state index in [2.05, 4.69) is 75.9 Å². The summed E-state index contributed by atoms with van der Waals surface area (Å²) in [5, 5.41) is 12.3. The summed E-state index contributed by atoms with van der Waals surface area (Å²) in [5.41, 5.74) is 0. The Morgan fingerprint density at radius 2 is 1.58 bits per heavy atom. The fourth-order valence-corrected chi connectivity index (χ4v) is 8.26. The van der Waals surface area contributed by atoms with Crippen LogP contribution in [0.15, 0.2) is 73.3 Å². The van der Waals surface area contributed by atoms with Crippen LogP contribution in [0.3, 0.4) is 0 Å². The smallest absolute Gasteiger partial charge is 0.261 e. The van der Waals surface area contributed by atoms with Gasteiger partial charge in [-0.2, -0.15) is 0 Å². The van der Waals surface area contributed by atoms with E-state index in [0.717, 1.165) is 0 Å². The third-order valence-electron chi connectivity index (χ3n) is 5.08. The van der Waals surface area contributed by atoms with E-state index in [9.17, 15) is 5.11 Å². The van der Waals surface area contributed by atoms with Crippen molar-refractivity contribution in [1.29, 1.82) is 0 Å². The van der Waals surface area contributed by atoms with Crippen LogP contribution in [0.4, 0.5) is 0 Å². The van der Waals surface area contributed by atoms with Crippen molar-refractivity contribution in [2.75, 3.05) is 6.61 Å². The van der Waals surface area contributed by atoms with Gasteiger partial charge >= 0.3 is 0 Å². The number of hydrogen-bond acceptors (Lipinski definition) is 3. The maximum atomic E-state index is 9.90. The topological polar surface area (TPSA) is 42.0 Å². The molecule has 26 heavy (non-hydrogen) atoms. The molecule has 3 atom stereocenters. The maximum absolute atomic E-state index is 9.90. The zero-order chi connectivity index (χ0) is 18.8. The number of hydrogen-bond donors (Lipinski definition) is 1. The molecule has 0 unspecified atom stereocenters. The Bertz CT molecular complexity index is 685. The summed E-state index contributed by atoms with van der Waals surface area (Å²) in [6.07, 6.45) is 0.603. The SMILES string of the molecule is C=C[C@@H](O)[C@@H]1O[C@@H]1CO[Si](c1ccccc1)(c1ccccc1)C(C)(C)C. The lowest BCUT2D eigenvalue weighted by Crippen LogP contribution is -2.66. The van der Waals surface area contributed by atoms with Gasteiger partial charge in [0.2, 0.25) is 0 Å². The minimum atomic E-state index is -2.53. The first-order chi connectivity index (χ1) is 12.4. The highest BCUT2D eigenvalue weighted by atomic mass is 28.4. The minimum absolute atomic E-state index is 0.0584. The van der Waals surface area contributed by atoms with Gasteiger partial charge in [-0.15, -0.1) is 6.58 Å². The van der Waals surface area contributed by atoms with Crippen molar-refractivity contribution >= 4 is 18.7 Å². The molecule has 1 saturated heterocycles.